The number of benzene rings is 2. The molecule has 7 heteroatoms. The molecule has 3 aromatic rings. The van der Waals surface area contributed by atoms with Gasteiger partial charge in [-0.25, -0.2) is 9.78 Å². The van der Waals surface area contributed by atoms with Gasteiger partial charge in [-0.05, 0) is 30.2 Å². The van der Waals surface area contributed by atoms with Crippen molar-refractivity contribution in [3.8, 4) is 0 Å². The average molecular weight is 413 g/mol. The fourth-order valence-electron chi connectivity index (χ4n) is 3.17. The van der Waals surface area contributed by atoms with E-state index < -0.39 is 17.5 Å². The minimum Gasteiger partial charge on any atom is -0.445 e. The van der Waals surface area contributed by atoms with Crippen LogP contribution in [-0.4, -0.2) is 22.5 Å². The van der Waals surface area contributed by atoms with E-state index in [1.54, 1.807) is 25.3 Å². The highest BCUT2D eigenvalue weighted by Crippen LogP contribution is 2.30. The van der Waals surface area contributed by atoms with E-state index >= 15 is 0 Å². The number of esters is 1. The third kappa shape index (κ3) is 3.66. The van der Waals surface area contributed by atoms with Gasteiger partial charge in [-0.1, -0.05) is 48.0 Å². The minimum absolute atomic E-state index is 0.318. The first-order valence-corrected chi connectivity index (χ1v) is 9.95. The molecule has 1 unspecified atom stereocenters. The smallest absolute Gasteiger partial charge is 0.339 e. The molecule has 1 aromatic heterocycles. The van der Waals surface area contributed by atoms with Crippen LogP contribution in [0.25, 0.3) is 0 Å². The van der Waals surface area contributed by atoms with E-state index in [0.29, 0.717) is 28.6 Å². The Balaban J connectivity index is 1.48. The molecule has 0 bridgehead atoms. The Labute approximate surface area is 171 Å². The number of fused-ring (bicyclic) bond motifs is 1. The molecule has 0 saturated heterocycles. The molecule has 1 atom stereocenters. The van der Waals surface area contributed by atoms with Crippen LogP contribution in [0.5, 0.6) is 0 Å². The van der Waals surface area contributed by atoms with Gasteiger partial charge < -0.3 is 4.74 Å². The topological polar surface area (TPSA) is 68.3 Å². The summed E-state index contributed by atoms with van der Waals surface area (Å²) in [6.07, 6.45) is 2.67. The van der Waals surface area contributed by atoms with E-state index in [0.717, 1.165) is 16.0 Å². The Bertz CT molecular complexity index is 1070. The Hall–Kier alpha value is -2.70. The maximum atomic E-state index is 12.8. The zero-order chi connectivity index (χ0) is 19.7. The summed E-state index contributed by atoms with van der Waals surface area (Å²) >= 11 is 7.58. The normalized spacial score (nSPS) is 18.3. The van der Waals surface area contributed by atoms with Crippen molar-refractivity contribution in [2.24, 2.45) is 0 Å². The number of halogens is 1. The molecule has 142 valence electrons. The third-order valence-electron chi connectivity index (χ3n) is 4.66. The van der Waals surface area contributed by atoms with Gasteiger partial charge in [-0.2, -0.15) is 0 Å². The number of cyclic esters (lactones) is 1. The lowest BCUT2D eigenvalue weighted by molar-refractivity contribution is -0.134. The summed E-state index contributed by atoms with van der Waals surface area (Å²) in [5.41, 5.74) is 1.02. The summed E-state index contributed by atoms with van der Waals surface area (Å²) < 4.78 is 5.46. The molecule has 1 N–H and O–H groups in total. The summed E-state index contributed by atoms with van der Waals surface area (Å²) in [4.78, 5) is 30.3. The van der Waals surface area contributed by atoms with Gasteiger partial charge >= 0.3 is 5.97 Å². The number of amides is 1. The predicted molar refractivity (Wildman–Crippen MR) is 109 cm³/mol. The van der Waals surface area contributed by atoms with Crippen molar-refractivity contribution in [1.29, 1.82) is 0 Å². The van der Waals surface area contributed by atoms with E-state index in [2.05, 4.69) is 10.3 Å². The molecule has 2 aromatic carbocycles. The number of nitrogens with zero attached hydrogens (tertiary/aromatic N) is 1. The van der Waals surface area contributed by atoms with Gasteiger partial charge in [-0.3, -0.25) is 10.1 Å². The molecule has 0 spiro atoms. The standard InChI is InChI=1S/C21H17ClN2O3S/c1-21(11-14-7-2-4-8-16(14)18(25)27-21)19(26)24-20-23-12-15(28-20)10-13-6-3-5-9-17(13)22/h2-9,12H,10-11H2,1H3,(H,23,24,26). The van der Waals surface area contributed by atoms with Gasteiger partial charge in [0.2, 0.25) is 0 Å². The molecule has 1 aliphatic rings. The van der Waals surface area contributed by atoms with E-state index in [1.165, 1.54) is 11.3 Å². The number of carbonyl (C=O) groups is 2. The Kier molecular flexibility index (Phi) is 4.91. The average Bonchev–Trinajstić information content (AvgIpc) is 3.10. The second kappa shape index (κ2) is 7.37. The third-order valence-corrected chi connectivity index (χ3v) is 5.94. The van der Waals surface area contributed by atoms with E-state index in [9.17, 15) is 9.59 Å². The Morgan fingerprint density at radius 1 is 1.25 bits per heavy atom. The van der Waals surface area contributed by atoms with Crippen LogP contribution in [0.2, 0.25) is 5.02 Å². The summed E-state index contributed by atoms with van der Waals surface area (Å²) in [6.45, 7) is 1.62. The van der Waals surface area contributed by atoms with Gasteiger partial charge in [0, 0.05) is 28.9 Å². The second-order valence-corrected chi connectivity index (χ2v) is 8.33. The van der Waals surface area contributed by atoms with Crippen LogP contribution >= 0.6 is 22.9 Å². The molecule has 0 saturated carbocycles. The number of anilines is 1. The van der Waals surface area contributed by atoms with Gasteiger partial charge in [-0.15, -0.1) is 11.3 Å². The summed E-state index contributed by atoms with van der Waals surface area (Å²) in [5, 5.41) is 3.94. The number of hydrogen-bond donors (Lipinski definition) is 1. The number of thiazole rings is 1. The number of rotatable bonds is 4. The molecule has 0 fully saturated rings. The van der Waals surface area contributed by atoms with Crippen LogP contribution < -0.4 is 5.32 Å². The van der Waals surface area contributed by atoms with Gasteiger partial charge in [0.1, 0.15) is 0 Å². The molecule has 4 rings (SSSR count). The fourth-order valence-corrected chi connectivity index (χ4v) is 4.20. The van der Waals surface area contributed by atoms with E-state index in [4.69, 9.17) is 16.3 Å². The van der Waals surface area contributed by atoms with Crippen LogP contribution in [-0.2, 0) is 22.4 Å². The number of ether oxygens (including phenoxy) is 1. The first-order chi connectivity index (χ1) is 13.4. The summed E-state index contributed by atoms with van der Waals surface area (Å²) in [7, 11) is 0. The monoisotopic (exact) mass is 412 g/mol. The summed E-state index contributed by atoms with van der Waals surface area (Å²) in [6, 6.07) is 14.8. The highest BCUT2D eigenvalue weighted by molar-refractivity contribution is 7.15. The van der Waals surface area contributed by atoms with Crippen LogP contribution in [0, 0.1) is 0 Å². The van der Waals surface area contributed by atoms with Crippen molar-refractivity contribution in [3.05, 3.63) is 81.3 Å². The highest BCUT2D eigenvalue weighted by Gasteiger charge is 2.42. The largest absolute Gasteiger partial charge is 0.445 e. The molecule has 1 amide bonds. The van der Waals surface area contributed by atoms with Gasteiger partial charge in [0.15, 0.2) is 10.7 Å². The molecule has 5 nitrogen and oxygen atoms in total. The van der Waals surface area contributed by atoms with Crippen molar-refractivity contribution < 1.29 is 14.3 Å². The zero-order valence-corrected chi connectivity index (χ0v) is 16.6. The van der Waals surface area contributed by atoms with Crippen molar-refractivity contribution in [3.63, 3.8) is 0 Å². The zero-order valence-electron chi connectivity index (χ0n) is 15.1. The molecular formula is C21H17ClN2O3S. The Morgan fingerprint density at radius 3 is 2.82 bits per heavy atom. The van der Waals surface area contributed by atoms with Crippen molar-refractivity contribution in [2.45, 2.75) is 25.4 Å². The minimum atomic E-state index is -1.28. The second-order valence-electron chi connectivity index (χ2n) is 6.81. The lowest BCUT2D eigenvalue weighted by Crippen LogP contribution is -2.48. The van der Waals surface area contributed by atoms with Crippen LogP contribution in [0.1, 0.15) is 33.3 Å². The van der Waals surface area contributed by atoms with Gasteiger partial charge in [0.05, 0.1) is 5.56 Å². The quantitative estimate of drug-likeness (QED) is 0.641. The Morgan fingerprint density at radius 2 is 2.00 bits per heavy atom. The maximum absolute atomic E-state index is 12.8. The molecule has 0 radical (unpaired) electrons. The molecule has 28 heavy (non-hydrogen) atoms. The van der Waals surface area contributed by atoms with Crippen LogP contribution in [0.15, 0.2) is 54.7 Å². The predicted octanol–water partition coefficient (Wildman–Crippen LogP) is 4.50. The molecule has 1 aliphatic heterocycles. The van der Waals surface area contributed by atoms with Crippen molar-refractivity contribution in [1.82, 2.24) is 4.98 Å². The maximum Gasteiger partial charge on any atom is 0.339 e. The first kappa shape index (κ1) is 18.7. The molecule has 0 aliphatic carbocycles. The fraction of sp³-hybridized carbons (Fsp3) is 0.190. The summed E-state index contributed by atoms with van der Waals surface area (Å²) in [5.74, 6) is -0.882. The molecular weight excluding hydrogens is 396 g/mol. The van der Waals surface area contributed by atoms with E-state index in [-0.39, 0.29) is 0 Å². The number of nitrogens with one attached hydrogen (secondary N) is 1. The van der Waals surface area contributed by atoms with Crippen LogP contribution in [0.3, 0.4) is 0 Å². The van der Waals surface area contributed by atoms with Crippen molar-refractivity contribution in [2.75, 3.05) is 5.32 Å². The number of carbonyl (C=O) groups excluding carboxylic acids is 2. The molecule has 2 heterocycles. The number of aromatic nitrogens is 1. The SMILES string of the molecule is CC1(C(=O)Nc2ncc(Cc3ccccc3Cl)s2)Cc2ccccc2C(=O)O1. The lowest BCUT2D eigenvalue weighted by Gasteiger charge is -2.32. The highest BCUT2D eigenvalue weighted by atomic mass is 35.5. The van der Waals surface area contributed by atoms with E-state index in [1.807, 2.05) is 36.4 Å². The van der Waals surface area contributed by atoms with Gasteiger partial charge in [0.25, 0.3) is 5.91 Å². The number of hydrogen-bond acceptors (Lipinski definition) is 5. The lowest BCUT2D eigenvalue weighted by atomic mass is 9.89. The first-order valence-electron chi connectivity index (χ1n) is 8.75. The van der Waals surface area contributed by atoms with Crippen LogP contribution in [0.4, 0.5) is 5.13 Å². The van der Waals surface area contributed by atoms with Crippen molar-refractivity contribution >= 4 is 39.9 Å².